The predicted octanol–water partition coefficient (Wildman–Crippen LogP) is 5.29. The van der Waals surface area contributed by atoms with Crippen molar-refractivity contribution in [3.05, 3.63) is 71.3 Å². The fourth-order valence-electron chi connectivity index (χ4n) is 4.61. The third-order valence-electron chi connectivity index (χ3n) is 6.69. The third-order valence-corrected chi connectivity index (χ3v) is 6.69. The Kier molecular flexibility index (Phi) is 9.48. The smallest absolute Gasteiger partial charge is 0.371 e. The van der Waals surface area contributed by atoms with Crippen molar-refractivity contribution in [3.63, 3.8) is 0 Å². The van der Waals surface area contributed by atoms with Crippen LogP contribution in [-0.2, 0) is 14.2 Å². The highest BCUT2D eigenvalue weighted by Gasteiger charge is 2.50. The summed E-state index contributed by atoms with van der Waals surface area (Å²) in [4.78, 5) is 2.67. The first-order chi connectivity index (χ1) is 18.4. The van der Waals surface area contributed by atoms with Gasteiger partial charge in [0.1, 0.15) is 11.6 Å². The summed E-state index contributed by atoms with van der Waals surface area (Å²) in [5.41, 5.74) is 1.09. The van der Waals surface area contributed by atoms with E-state index < -0.39 is 61.5 Å². The first-order valence-corrected chi connectivity index (χ1v) is 12.4. The fraction of sp³-hybridized carbons (Fsp3) is 0.538. The van der Waals surface area contributed by atoms with E-state index in [1.165, 1.54) is 58.3 Å². The lowest BCUT2D eigenvalue weighted by Crippen LogP contribution is -2.53. The van der Waals surface area contributed by atoms with Gasteiger partial charge in [0, 0.05) is 39.3 Å². The van der Waals surface area contributed by atoms with Crippen molar-refractivity contribution < 1.29 is 49.3 Å². The van der Waals surface area contributed by atoms with E-state index in [2.05, 4.69) is 0 Å². The molecule has 0 radical (unpaired) electrons. The van der Waals surface area contributed by atoms with Gasteiger partial charge in [0.2, 0.25) is 0 Å². The van der Waals surface area contributed by atoms with E-state index >= 15 is 0 Å². The normalized spacial score (nSPS) is 23.5. The van der Waals surface area contributed by atoms with Gasteiger partial charge in [-0.25, -0.2) is 8.78 Å². The molecule has 0 spiro atoms. The zero-order chi connectivity index (χ0) is 28.2. The Balaban J connectivity index is 1.42. The second kappa shape index (κ2) is 12.5. The monoisotopic (exact) mass is 568 g/mol. The summed E-state index contributed by atoms with van der Waals surface area (Å²) < 4.78 is 126. The molecule has 0 aliphatic carbocycles. The van der Waals surface area contributed by atoms with E-state index in [1.807, 2.05) is 0 Å². The molecule has 2 aliphatic heterocycles. The topological polar surface area (TPSA) is 34.2 Å². The van der Waals surface area contributed by atoms with Gasteiger partial charge in [0.15, 0.2) is 12.2 Å². The molecule has 13 heteroatoms. The number of alkyl halides is 6. The van der Waals surface area contributed by atoms with Gasteiger partial charge in [-0.1, -0.05) is 24.3 Å². The van der Waals surface area contributed by atoms with Crippen LogP contribution < -0.4 is 0 Å². The first-order valence-electron chi connectivity index (χ1n) is 12.4. The van der Waals surface area contributed by atoms with Crippen molar-refractivity contribution in [2.75, 3.05) is 52.5 Å². The summed E-state index contributed by atoms with van der Waals surface area (Å²) in [7, 11) is 0. The molecule has 2 aliphatic rings. The molecule has 0 aromatic heterocycles. The Hall–Kier alpha value is -2.32. The van der Waals surface area contributed by atoms with Crippen molar-refractivity contribution in [1.82, 2.24) is 9.80 Å². The van der Waals surface area contributed by atoms with Crippen LogP contribution in [0.2, 0.25) is 0 Å². The van der Waals surface area contributed by atoms with Crippen LogP contribution in [-0.4, -0.2) is 86.8 Å². The number of nitrogens with zero attached hydrogens (tertiary/aromatic N) is 2. The zero-order valence-electron chi connectivity index (χ0n) is 20.7. The van der Waals surface area contributed by atoms with E-state index in [0.717, 1.165) is 0 Å². The molecule has 2 saturated heterocycles. The average molecular weight is 569 g/mol. The van der Waals surface area contributed by atoms with E-state index in [1.54, 1.807) is 0 Å². The lowest BCUT2D eigenvalue weighted by Gasteiger charge is -2.38. The summed E-state index contributed by atoms with van der Waals surface area (Å²) in [5, 5.41) is 0. The maximum absolute atomic E-state index is 13.9. The second-order valence-corrected chi connectivity index (χ2v) is 9.54. The van der Waals surface area contributed by atoms with Gasteiger partial charge in [-0.2, -0.15) is 26.3 Å². The number of halogens is 8. The molecule has 2 aromatic carbocycles. The van der Waals surface area contributed by atoms with E-state index in [9.17, 15) is 35.1 Å². The SMILES string of the molecule is Fc1ccc([C@@H]2CN(C[C@H](O[C@@H](CN3CCO[C@H](c4ccc(F)cc4)C3)C(F)(F)F)C(F)(F)F)CCO2)cc1. The molecule has 0 N–H and O–H groups in total. The minimum absolute atomic E-state index is 0.0267. The van der Waals surface area contributed by atoms with Crippen LogP contribution in [0, 0.1) is 11.6 Å². The Morgan fingerprint density at radius 3 is 1.36 bits per heavy atom. The van der Waals surface area contributed by atoms with Crippen molar-refractivity contribution in [2.24, 2.45) is 0 Å². The first kappa shape index (κ1) is 29.7. The number of rotatable bonds is 8. The minimum atomic E-state index is -5.06. The molecule has 39 heavy (non-hydrogen) atoms. The number of ether oxygens (including phenoxy) is 3. The predicted molar refractivity (Wildman–Crippen MR) is 124 cm³/mol. The maximum Gasteiger partial charge on any atom is 0.415 e. The van der Waals surface area contributed by atoms with Crippen LogP contribution in [0.25, 0.3) is 0 Å². The third kappa shape index (κ3) is 8.34. The van der Waals surface area contributed by atoms with Gasteiger partial charge in [0.05, 0.1) is 25.4 Å². The molecule has 4 atom stereocenters. The molecule has 2 heterocycles. The van der Waals surface area contributed by atoms with Crippen molar-refractivity contribution in [1.29, 1.82) is 0 Å². The largest absolute Gasteiger partial charge is 0.415 e. The summed E-state index contributed by atoms with van der Waals surface area (Å²) in [6.07, 6.45) is -16.9. The number of hydrogen-bond acceptors (Lipinski definition) is 5. The lowest BCUT2D eigenvalue weighted by molar-refractivity contribution is -0.292. The van der Waals surface area contributed by atoms with Gasteiger partial charge in [0.25, 0.3) is 0 Å². The summed E-state index contributed by atoms with van der Waals surface area (Å²) in [6, 6.07) is 10.6. The average Bonchev–Trinajstić information content (AvgIpc) is 2.88. The van der Waals surface area contributed by atoms with Crippen molar-refractivity contribution >= 4 is 0 Å². The fourth-order valence-corrected chi connectivity index (χ4v) is 4.61. The van der Waals surface area contributed by atoms with Crippen molar-refractivity contribution in [2.45, 2.75) is 36.8 Å². The Morgan fingerprint density at radius 2 is 1.03 bits per heavy atom. The number of benzene rings is 2. The van der Waals surface area contributed by atoms with E-state index in [-0.39, 0.29) is 39.4 Å². The van der Waals surface area contributed by atoms with Gasteiger partial charge < -0.3 is 14.2 Å². The van der Waals surface area contributed by atoms with Crippen molar-refractivity contribution in [3.8, 4) is 0 Å². The molecular formula is C26H28F8N2O3. The van der Waals surface area contributed by atoms with Gasteiger partial charge in [-0.3, -0.25) is 9.80 Å². The highest BCUT2D eigenvalue weighted by Crippen LogP contribution is 2.33. The minimum Gasteiger partial charge on any atom is -0.371 e. The molecule has 2 aromatic rings. The molecule has 0 saturated carbocycles. The molecule has 216 valence electrons. The summed E-state index contributed by atoms with van der Waals surface area (Å²) in [6.45, 7) is -1.47. The van der Waals surface area contributed by atoms with Gasteiger partial charge >= 0.3 is 12.4 Å². The maximum atomic E-state index is 13.9. The van der Waals surface area contributed by atoms with Crippen LogP contribution in [0.15, 0.2) is 48.5 Å². The van der Waals surface area contributed by atoms with Crippen LogP contribution in [0.4, 0.5) is 35.1 Å². The molecule has 0 amide bonds. The molecule has 0 unspecified atom stereocenters. The molecule has 5 nitrogen and oxygen atoms in total. The highest BCUT2D eigenvalue weighted by atomic mass is 19.4. The Bertz CT molecular complexity index is 966. The van der Waals surface area contributed by atoms with E-state index in [0.29, 0.717) is 11.1 Å². The Morgan fingerprint density at radius 1 is 0.667 bits per heavy atom. The molecular weight excluding hydrogens is 540 g/mol. The summed E-state index contributed by atoms with van der Waals surface area (Å²) >= 11 is 0. The van der Waals surface area contributed by atoms with E-state index in [4.69, 9.17) is 14.2 Å². The number of morpholine rings is 2. The summed E-state index contributed by atoms with van der Waals surface area (Å²) in [5.74, 6) is -0.973. The van der Waals surface area contributed by atoms with Crippen LogP contribution >= 0.6 is 0 Å². The standard InChI is InChI=1S/C26H28F8N2O3/c27-19-5-1-17(2-6-19)21-13-35(9-11-37-21)15-23(25(29,30)31)39-24(26(32,33)34)16-36-10-12-38-22(14-36)18-3-7-20(28)8-4-18/h1-8,21-24H,9-16H2/t21-,22-,23-,24-/m0/s1. The van der Waals surface area contributed by atoms with Crippen LogP contribution in [0.1, 0.15) is 23.3 Å². The zero-order valence-corrected chi connectivity index (χ0v) is 20.7. The van der Waals surface area contributed by atoms with Crippen LogP contribution in [0.3, 0.4) is 0 Å². The molecule has 4 rings (SSSR count). The van der Waals surface area contributed by atoms with Gasteiger partial charge in [-0.05, 0) is 35.4 Å². The molecule has 0 bridgehead atoms. The second-order valence-electron chi connectivity index (χ2n) is 9.54. The van der Waals surface area contributed by atoms with Crippen LogP contribution in [0.5, 0.6) is 0 Å². The lowest BCUT2D eigenvalue weighted by atomic mass is 10.1. The number of hydrogen-bond donors (Lipinski definition) is 0. The quantitative estimate of drug-likeness (QED) is 0.405. The Labute approximate surface area is 220 Å². The van der Waals surface area contributed by atoms with Gasteiger partial charge in [-0.15, -0.1) is 0 Å². The molecule has 2 fully saturated rings. The highest BCUT2D eigenvalue weighted by molar-refractivity contribution is 5.20.